The number of methoxy groups -OCH3 is 2. The van der Waals surface area contributed by atoms with Crippen molar-refractivity contribution in [3.05, 3.63) is 79.9 Å². The zero-order valence-electron chi connectivity index (χ0n) is 28.9. The molecule has 4 nitrogen and oxygen atoms in total. The maximum absolute atomic E-state index is 13.3. The van der Waals surface area contributed by atoms with E-state index in [1.54, 1.807) is 0 Å². The topological polar surface area (TPSA) is 52.6 Å². The van der Waals surface area contributed by atoms with Gasteiger partial charge in [-0.05, 0) is 164 Å². The minimum atomic E-state index is -0.500. The lowest BCUT2D eigenvalue weighted by Gasteiger charge is -2.23. The predicted octanol–water partition coefficient (Wildman–Crippen LogP) is 10.1. The van der Waals surface area contributed by atoms with Gasteiger partial charge in [-0.25, -0.2) is 9.59 Å². The standard InChI is InChI=1S/C41H48O4/c1-11-23-22(8)24(12-2)30-18-32-26(14-4)34-20-36-28(16-6)38(40(42)44-9)39(41(43)45-10)29(17-7)37(36)21-35(34)27(15-5)33(32)19-31(30)25(23)13-3/h18-21H,11-17H2,1-10H3. The van der Waals surface area contributed by atoms with Gasteiger partial charge in [0.1, 0.15) is 0 Å². The van der Waals surface area contributed by atoms with E-state index < -0.39 is 11.9 Å². The molecule has 5 aromatic rings. The van der Waals surface area contributed by atoms with Crippen LogP contribution in [0.3, 0.4) is 0 Å². The fraction of sp³-hybridized carbons (Fsp3) is 0.415. The summed E-state index contributed by atoms with van der Waals surface area (Å²) in [5.74, 6) is -1.00. The highest BCUT2D eigenvalue weighted by atomic mass is 16.5. The average molecular weight is 605 g/mol. The molecule has 5 aromatic carbocycles. The van der Waals surface area contributed by atoms with Crippen LogP contribution in [-0.2, 0) is 54.4 Å². The van der Waals surface area contributed by atoms with Crippen molar-refractivity contribution >= 4 is 55.0 Å². The van der Waals surface area contributed by atoms with E-state index in [0.717, 1.165) is 54.0 Å². The van der Waals surface area contributed by atoms with Crippen LogP contribution in [0.1, 0.15) is 114 Å². The maximum atomic E-state index is 13.3. The molecule has 0 aromatic heterocycles. The molecule has 236 valence electrons. The van der Waals surface area contributed by atoms with E-state index >= 15 is 0 Å². The molecule has 0 unspecified atom stereocenters. The van der Waals surface area contributed by atoms with Gasteiger partial charge in [0.25, 0.3) is 0 Å². The van der Waals surface area contributed by atoms with Crippen molar-refractivity contribution in [2.75, 3.05) is 14.2 Å². The third-order valence-corrected chi connectivity index (χ3v) is 10.3. The van der Waals surface area contributed by atoms with Crippen molar-refractivity contribution in [2.45, 2.75) is 100 Å². The molecular formula is C41H48O4. The summed E-state index contributed by atoms with van der Waals surface area (Å²) in [4.78, 5) is 26.6. The first-order valence-electron chi connectivity index (χ1n) is 16.9. The van der Waals surface area contributed by atoms with Gasteiger partial charge in [-0.2, -0.15) is 0 Å². The first-order valence-corrected chi connectivity index (χ1v) is 16.9. The van der Waals surface area contributed by atoms with Crippen molar-refractivity contribution in [3.8, 4) is 0 Å². The molecule has 0 atom stereocenters. The normalized spacial score (nSPS) is 11.7. The largest absolute Gasteiger partial charge is 0.465 e. The van der Waals surface area contributed by atoms with Crippen LogP contribution < -0.4 is 0 Å². The molecule has 0 saturated carbocycles. The van der Waals surface area contributed by atoms with Crippen molar-refractivity contribution in [1.29, 1.82) is 0 Å². The summed E-state index contributed by atoms with van der Waals surface area (Å²) in [7, 11) is 2.75. The Morgan fingerprint density at radius 3 is 0.978 bits per heavy atom. The van der Waals surface area contributed by atoms with E-state index in [1.165, 1.54) is 79.9 Å². The van der Waals surface area contributed by atoms with Crippen LogP contribution in [-0.4, -0.2) is 26.2 Å². The average Bonchev–Trinajstić information content (AvgIpc) is 3.06. The zero-order valence-corrected chi connectivity index (χ0v) is 28.9. The SMILES string of the molecule is CCc1c(C)c(CC)c2cc3c(CC)c4cc5c(CC)c(C(=O)OC)c(C(=O)OC)c(CC)c5cc4c(CC)c3cc2c1CC. The summed E-state index contributed by atoms with van der Waals surface area (Å²) < 4.78 is 10.5. The van der Waals surface area contributed by atoms with Gasteiger partial charge < -0.3 is 9.47 Å². The van der Waals surface area contributed by atoms with Crippen molar-refractivity contribution < 1.29 is 19.1 Å². The summed E-state index contributed by atoms with van der Waals surface area (Å²) >= 11 is 0. The molecule has 0 radical (unpaired) electrons. The molecule has 0 fully saturated rings. The number of hydrogen-bond acceptors (Lipinski definition) is 4. The van der Waals surface area contributed by atoms with E-state index in [-0.39, 0.29) is 0 Å². The quantitative estimate of drug-likeness (QED) is 0.124. The zero-order chi connectivity index (χ0) is 32.7. The Hall–Kier alpha value is -3.92. The van der Waals surface area contributed by atoms with Crippen LogP contribution in [0.25, 0.3) is 43.1 Å². The van der Waals surface area contributed by atoms with Gasteiger partial charge in [0.15, 0.2) is 0 Å². The number of benzene rings is 5. The van der Waals surface area contributed by atoms with E-state index in [0.29, 0.717) is 24.0 Å². The Labute approximate surface area is 268 Å². The van der Waals surface area contributed by atoms with Gasteiger partial charge in [-0.15, -0.1) is 0 Å². The van der Waals surface area contributed by atoms with Crippen molar-refractivity contribution in [1.82, 2.24) is 0 Å². The summed E-state index contributed by atoms with van der Waals surface area (Å²) in [6, 6.07) is 9.56. The minimum Gasteiger partial charge on any atom is -0.465 e. The van der Waals surface area contributed by atoms with Crippen LogP contribution in [0.2, 0.25) is 0 Å². The van der Waals surface area contributed by atoms with E-state index in [1.807, 2.05) is 13.8 Å². The fourth-order valence-corrected chi connectivity index (χ4v) is 8.32. The number of carbonyl (C=O) groups excluding carboxylic acids is 2. The Morgan fingerprint density at radius 2 is 0.689 bits per heavy atom. The molecule has 0 spiro atoms. The predicted molar refractivity (Wildman–Crippen MR) is 190 cm³/mol. The lowest BCUT2D eigenvalue weighted by Crippen LogP contribution is -2.18. The smallest absolute Gasteiger partial charge is 0.339 e. The highest BCUT2D eigenvalue weighted by Crippen LogP contribution is 2.43. The molecule has 4 heteroatoms. The van der Waals surface area contributed by atoms with Crippen molar-refractivity contribution in [3.63, 3.8) is 0 Å². The van der Waals surface area contributed by atoms with Crippen LogP contribution in [0.4, 0.5) is 0 Å². The summed E-state index contributed by atoms with van der Waals surface area (Å²) in [6.07, 6.45) is 5.98. The summed E-state index contributed by atoms with van der Waals surface area (Å²) in [6.45, 7) is 17.7. The number of esters is 2. The molecule has 0 bridgehead atoms. The Morgan fingerprint density at radius 1 is 0.422 bits per heavy atom. The second kappa shape index (κ2) is 12.8. The second-order valence-corrected chi connectivity index (χ2v) is 12.1. The molecule has 0 saturated heterocycles. The fourth-order valence-electron chi connectivity index (χ4n) is 8.32. The number of fused-ring (bicyclic) bond motifs is 4. The molecular weight excluding hydrogens is 556 g/mol. The lowest BCUT2D eigenvalue weighted by molar-refractivity contribution is 0.0553. The second-order valence-electron chi connectivity index (χ2n) is 12.1. The van der Waals surface area contributed by atoms with Gasteiger partial charge in [-0.3, -0.25) is 0 Å². The number of hydrogen-bond donors (Lipinski definition) is 0. The van der Waals surface area contributed by atoms with Crippen LogP contribution in [0.5, 0.6) is 0 Å². The van der Waals surface area contributed by atoms with E-state index in [4.69, 9.17) is 9.47 Å². The molecule has 0 aliphatic rings. The third kappa shape index (κ3) is 4.80. The summed E-state index contributed by atoms with van der Waals surface area (Å²) in [5.41, 5.74) is 10.9. The molecule has 45 heavy (non-hydrogen) atoms. The van der Waals surface area contributed by atoms with Crippen LogP contribution in [0, 0.1) is 6.92 Å². The van der Waals surface area contributed by atoms with E-state index in [9.17, 15) is 9.59 Å². The minimum absolute atomic E-state index is 0.331. The van der Waals surface area contributed by atoms with Crippen molar-refractivity contribution in [2.24, 2.45) is 0 Å². The van der Waals surface area contributed by atoms with Gasteiger partial charge in [0.2, 0.25) is 0 Å². The highest BCUT2D eigenvalue weighted by molar-refractivity contribution is 6.18. The highest BCUT2D eigenvalue weighted by Gasteiger charge is 2.29. The molecule has 0 N–H and O–H groups in total. The number of rotatable bonds is 9. The molecule has 5 rings (SSSR count). The van der Waals surface area contributed by atoms with Crippen LogP contribution >= 0.6 is 0 Å². The Balaban J connectivity index is 2.09. The number of carbonyl (C=O) groups is 2. The Kier molecular flexibility index (Phi) is 9.26. The third-order valence-electron chi connectivity index (χ3n) is 10.3. The monoisotopic (exact) mass is 604 g/mol. The Bertz CT molecular complexity index is 2010. The first-order chi connectivity index (χ1) is 21.7. The number of aryl methyl sites for hydroxylation is 6. The molecule has 0 aliphatic carbocycles. The van der Waals surface area contributed by atoms with Crippen LogP contribution in [0.15, 0.2) is 24.3 Å². The van der Waals surface area contributed by atoms with Gasteiger partial charge in [0.05, 0.1) is 25.3 Å². The summed E-state index contributed by atoms with van der Waals surface area (Å²) in [5, 5.41) is 9.89. The maximum Gasteiger partial charge on any atom is 0.339 e. The molecule has 0 aliphatic heterocycles. The number of ether oxygens (including phenoxy) is 2. The van der Waals surface area contributed by atoms with Gasteiger partial charge in [-0.1, -0.05) is 48.5 Å². The van der Waals surface area contributed by atoms with Gasteiger partial charge >= 0.3 is 11.9 Å². The molecule has 0 heterocycles. The molecule has 0 amide bonds. The van der Waals surface area contributed by atoms with Gasteiger partial charge in [0, 0.05) is 0 Å². The van der Waals surface area contributed by atoms with E-state index in [2.05, 4.69) is 65.8 Å². The lowest BCUT2D eigenvalue weighted by atomic mass is 9.80. The first kappa shape index (κ1) is 32.5.